The van der Waals surface area contributed by atoms with E-state index in [9.17, 15) is 4.79 Å². The average molecular weight is 250 g/mol. The van der Waals surface area contributed by atoms with Crippen molar-refractivity contribution in [2.75, 3.05) is 7.11 Å². The monoisotopic (exact) mass is 250 g/mol. The molecule has 0 saturated heterocycles. The number of benzene rings is 1. The van der Waals surface area contributed by atoms with Crippen LogP contribution in [0, 0.1) is 0 Å². The summed E-state index contributed by atoms with van der Waals surface area (Å²) >= 11 is 0. The molecule has 0 spiro atoms. The van der Waals surface area contributed by atoms with Crippen LogP contribution in [0.3, 0.4) is 0 Å². The Hall–Kier alpha value is -1.39. The zero-order valence-corrected chi connectivity index (χ0v) is 11.3. The van der Waals surface area contributed by atoms with E-state index < -0.39 is 5.54 Å². The minimum Gasteiger partial charge on any atom is -0.380 e. The van der Waals surface area contributed by atoms with E-state index in [1.165, 1.54) is 0 Å². The summed E-state index contributed by atoms with van der Waals surface area (Å²) in [5.41, 5.74) is 6.98. The number of nitrogens with two attached hydrogens (primary N) is 1. The molecule has 100 valence electrons. The summed E-state index contributed by atoms with van der Waals surface area (Å²) in [5.74, 6) is -0.321. The summed E-state index contributed by atoms with van der Waals surface area (Å²) in [5, 5.41) is 3.22. The second-order valence-electron chi connectivity index (χ2n) is 4.66. The smallest absolute Gasteiger partial charge is 0.237 e. The summed E-state index contributed by atoms with van der Waals surface area (Å²) in [6, 6.07) is 8.08. The third kappa shape index (κ3) is 3.82. The normalized spacial score (nSPS) is 14.2. The molecule has 0 aliphatic rings. The van der Waals surface area contributed by atoms with Crippen molar-refractivity contribution < 1.29 is 9.53 Å². The molecule has 0 aromatic heterocycles. The van der Waals surface area contributed by atoms with Crippen molar-refractivity contribution in [1.82, 2.24) is 5.32 Å². The minimum absolute atomic E-state index is 0.321. The first-order valence-corrected chi connectivity index (χ1v) is 6.13. The van der Waals surface area contributed by atoms with Gasteiger partial charge >= 0.3 is 0 Å². The van der Waals surface area contributed by atoms with Crippen LogP contribution in [0.5, 0.6) is 0 Å². The van der Waals surface area contributed by atoms with Gasteiger partial charge in [0, 0.05) is 13.7 Å². The van der Waals surface area contributed by atoms with Gasteiger partial charge in [0.15, 0.2) is 0 Å². The lowest BCUT2D eigenvalue weighted by Crippen LogP contribution is -2.52. The Bertz CT molecular complexity index is 407. The Morgan fingerprint density at radius 2 is 2.11 bits per heavy atom. The molecule has 4 heteroatoms. The van der Waals surface area contributed by atoms with Crippen LogP contribution in [-0.2, 0) is 22.7 Å². The van der Waals surface area contributed by atoms with Gasteiger partial charge in [-0.2, -0.15) is 0 Å². The molecule has 1 amide bonds. The van der Waals surface area contributed by atoms with Crippen molar-refractivity contribution in [2.45, 2.75) is 39.0 Å². The summed E-state index contributed by atoms with van der Waals surface area (Å²) < 4.78 is 5.09. The first-order chi connectivity index (χ1) is 8.51. The summed E-state index contributed by atoms with van der Waals surface area (Å²) in [6.07, 6.45) is 0.667. The molecule has 4 nitrogen and oxygen atoms in total. The molecule has 1 rings (SSSR count). The third-order valence-corrected chi connectivity index (χ3v) is 3.24. The fourth-order valence-electron chi connectivity index (χ4n) is 1.68. The Labute approximate surface area is 109 Å². The van der Waals surface area contributed by atoms with Gasteiger partial charge in [-0.15, -0.1) is 0 Å². The molecule has 1 aromatic rings. The fraction of sp³-hybridized carbons (Fsp3) is 0.500. The van der Waals surface area contributed by atoms with Crippen LogP contribution in [0.2, 0.25) is 0 Å². The number of ether oxygens (including phenoxy) is 1. The van der Waals surface area contributed by atoms with Gasteiger partial charge < -0.3 is 10.5 Å². The predicted octanol–water partition coefficient (Wildman–Crippen LogP) is 1.58. The van der Waals surface area contributed by atoms with Crippen LogP contribution in [0.1, 0.15) is 31.4 Å². The molecular formula is C14H22N2O2. The number of nitrogens with one attached hydrogen (secondary N) is 1. The summed E-state index contributed by atoms with van der Waals surface area (Å²) in [6.45, 7) is 4.98. The largest absolute Gasteiger partial charge is 0.380 e. The maximum absolute atomic E-state index is 11.4. The van der Waals surface area contributed by atoms with Crippen molar-refractivity contribution in [1.29, 1.82) is 0 Å². The van der Waals surface area contributed by atoms with Crippen LogP contribution in [0.4, 0.5) is 0 Å². The van der Waals surface area contributed by atoms with E-state index in [0.29, 0.717) is 19.6 Å². The van der Waals surface area contributed by atoms with Crippen molar-refractivity contribution >= 4 is 5.91 Å². The average Bonchev–Trinajstić information content (AvgIpc) is 2.36. The minimum atomic E-state index is -0.655. The van der Waals surface area contributed by atoms with Gasteiger partial charge in [-0.3, -0.25) is 10.1 Å². The lowest BCUT2D eigenvalue weighted by atomic mass is 9.97. The van der Waals surface area contributed by atoms with Crippen LogP contribution < -0.4 is 11.1 Å². The van der Waals surface area contributed by atoms with E-state index in [-0.39, 0.29) is 5.91 Å². The van der Waals surface area contributed by atoms with Crippen LogP contribution in [-0.4, -0.2) is 18.6 Å². The Kier molecular flexibility index (Phi) is 5.31. The van der Waals surface area contributed by atoms with Crippen molar-refractivity contribution in [3.05, 3.63) is 35.4 Å². The molecule has 0 aliphatic carbocycles. The standard InChI is InChI=1S/C14H22N2O2/c1-4-14(2,13(15)17)16-9-11-6-5-7-12(8-11)10-18-3/h5-8,16H,4,9-10H2,1-3H3,(H2,15,17). The van der Waals surface area contributed by atoms with Crippen molar-refractivity contribution in [3.8, 4) is 0 Å². The third-order valence-electron chi connectivity index (χ3n) is 3.24. The molecular weight excluding hydrogens is 228 g/mol. The molecule has 18 heavy (non-hydrogen) atoms. The molecule has 3 N–H and O–H groups in total. The van der Waals surface area contributed by atoms with Gasteiger partial charge in [0.25, 0.3) is 0 Å². The number of hydrogen-bond acceptors (Lipinski definition) is 3. The topological polar surface area (TPSA) is 64.3 Å². The highest BCUT2D eigenvalue weighted by molar-refractivity contribution is 5.84. The van der Waals surface area contributed by atoms with Gasteiger partial charge in [-0.1, -0.05) is 31.2 Å². The zero-order chi connectivity index (χ0) is 13.6. The number of rotatable bonds is 7. The molecule has 0 heterocycles. The van der Waals surface area contributed by atoms with Crippen molar-refractivity contribution in [3.63, 3.8) is 0 Å². The van der Waals surface area contributed by atoms with E-state index in [1.807, 2.05) is 32.0 Å². The molecule has 0 fully saturated rings. The molecule has 0 bridgehead atoms. The first kappa shape index (κ1) is 14.7. The van der Waals surface area contributed by atoms with E-state index in [2.05, 4.69) is 11.4 Å². The number of methoxy groups -OCH3 is 1. The van der Waals surface area contributed by atoms with Crippen LogP contribution in [0.25, 0.3) is 0 Å². The summed E-state index contributed by atoms with van der Waals surface area (Å²) in [4.78, 5) is 11.4. The van der Waals surface area contributed by atoms with E-state index in [1.54, 1.807) is 7.11 Å². The van der Waals surface area contributed by atoms with E-state index >= 15 is 0 Å². The Balaban J connectivity index is 2.68. The SMILES string of the molecule is CCC(C)(NCc1cccc(COC)c1)C(N)=O. The highest BCUT2D eigenvalue weighted by Crippen LogP contribution is 2.11. The number of carbonyl (C=O) groups is 1. The zero-order valence-electron chi connectivity index (χ0n) is 11.3. The van der Waals surface area contributed by atoms with Gasteiger partial charge in [-0.05, 0) is 24.5 Å². The van der Waals surface area contributed by atoms with Gasteiger partial charge in [0.2, 0.25) is 5.91 Å². The van der Waals surface area contributed by atoms with Gasteiger partial charge in [0.1, 0.15) is 0 Å². The quantitative estimate of drug-likeness (QED) is 0.772. The molecule has 1 aromatic carbocycles. The molecule has 0 aliphatic heterocycles. The highest BCUT2D eigenvalue weighted by atomic mass is 16.5. The molecule has 1 unspecified atom stereocenters. The maximum atomic E-state index is 11.4. The fourth-order valence-corrected chi connectivity index (χ4v) is 1.68. The second-order valence-corrected chi connectivity index (χ2v) is 4.66. The number of carbonyl (C=O) groups excluding carboxylic acids is 1. The second kappa shape index (κ2) is 6.52. The summed E-state index contributed by atoms with van der Waals surface area (Å²) in [7, 11) is 1.67. The lowest BCUT2D eigenvalue weighted by molar-refractivity contribution is -0.124. The Morgan fingerprint density at radius 3 is 2.67 bits per heavy atom. The van der Waals surface area contributed by atoms with Crippen LogP contribution >= 0.6 is 0 Å². The molecule has 1 atom stereocenters. The van der Waals surface area contributed by atoms with Crippen molar-refractivity contribution in [2.24, 2.45) is 5.73 Å². The maximum Gasteiger partial charge on any atom is 0.237 e. The van der Waals surface area contributed by atoms with E-state index in [4.69, 9.17) is 10.5 Å². The first-order valence-electron chi connectivity index (χ1n) is 6.13. The Morgan fingerprint density at radius 1 is 1.44 bits per heavy atom. The molecule has 0 saturated carbocycles. The molecule has 0 radical (unpaired) electrons. The van der Waals surface area contributed by atoms with E-state index in [0.717, 1.165) is 11.1 Å². The van der Waals surface area contributed by atoms with Gasteiger partial charge in [-0.25, -0.2) is 0 Å². The number of primary amides is 1. The van der Waals surface area contributed by atoms with Crippen LogP contribution in [0.15, 0.2) is 24.3 Å². The predicted molar refractivity (Wildman–Crippen MR) is 71.9 cm³/mol. The number of hydrogen-bond donors (Lipinski definition) is 2. The van der Waals surface area contributed by atoms with Gasteiger partial charge in [0.05, 0.1) is 12.1 Å². The number of amides is 1. The highest BCUT2D eigenvalue weighted by Gasteiger charge is 2.27. The lowest BCUT2D eigenvalue weighted by Gasteiger charge is -2.26.